The second-order valence-electron chi connectivity index (χ2n) is 5.23. The Bertz CT molecular complexity index is 466. The molecule has 2 heterocycles. The molecule has 4 heteroatoms. The van der Waals surface area contributed by atoms with E-state index in [1.165, 1.54) is 0 Å². The maximum absolute atomic E-state index is 4.45. The zero-order valence-electron chi connectivity index (χ0n) is 10.7. The van der Waals surface area contributed by atoms with Crippen molar-refractivity contribution in [2.45, 2.75) is 33.2 Å². The van der Waals surface area contributed by atoms with Gasteiger partial charge in [-0.15, -0.1) is 0 Å². The summed E-state index contributed by atoms with van der Waals surface area (Å²) in [6, 6.07) is 0. The van der Waals surface area contributed by atoms with Crippen LogP contribution in [0.5, 0.6) is 0 Å². The summed E-state index contributed by atoms with van der Waals surface area (Å²) in [4.78, 5) is 8.72. The second-order valence-corrected chi connectivity index (χ2v) is 5.23. The molecule has 1 unspecified atom stereocenters. The van der Waals surface area contributed by atoms with Gasteiger partial charge in [0, 0.05) is 18.1 Å². The van der Waals surface area contributed by atoms with Crippen molar-refractivity contribution in [1.82, 2.24) is 5.43 Å². The first-order valence-corrected chi connectivity index (χ1v) is 5.73. The van der Waals surface area contributed by atoms with Crippen LogP contribution in [0.3, 0.4) is 0 Å². The minimum Gasteiger partial charge on any atom is -0.297 e. The number of nitrogens with zero attached hydrogens (tertiary/aromatic N) is 3. The largest absolute Gasteiger partial charge is 0.297 e. The van der Waals surface area contributed by atoms with Crippen LogP contribution in [0.4, 0.5) is 0 Å². The first-order valence-electron chi connectivity index (χ1n) is 5.73. The first kappa shape index (κ1) is 11.8. The number of hydrogen-bond acceptors (Lipinski definition) is 4. The average Bonchev–Trinajstić information content (AvgIpc) is 2.42. The van der Waals surface area contributed by atoms with Crippen molar-refractivity contribution in [3.63, 3.8) is 0 Å². The highest BCUT2D eigenvalue weighted by Crippen LogP contribution is 2.26. The SMILES string of the molecule is CC1=NC=CC(C)(C2=NNC(C)(C)C=N2)C=C1. The van der Waals surface area contributed by atoms with E-state index in [9.17, 15) is 0 Å². The summed E-state index contributed by atoms with van der Waals surface area (Å²) in [5, 5.41) is 4.36. The molecule has 0 radical (unpaired) electrons. The molecule has 2 rings (SSSR count). The number of amidine groups is 1. The molecule has 0 aromatic rings. The minimum absolute atomic E-state index is 0.176. The Hall–Kier alpha value is -1.71. The molecule has 4 nitrogen and oxygen atoms in total. The molecule has 1 atom stereocenters. The summed E-state index contributed by atoms with van der Waals surface area (Å²) in [6.45, 7) is 8.11. The highest BCUT2D eigenvalue weighted by Gasteiger charge is 2.29. The van der Waals surface area contributed by atoms with Crippen LogP contribution in [0.1, 0.15) is 27.7 Å². The van der Waals surface area contributed by atoms with E-state index < -0.39 is 0 Å². The fourth-order valence-electron chi connectivity index (χ4n) is 1.59. The lowest BCUT2D eigenvalue weighted by molar-refractivity contribution is 0.521. The van der Waals surface area contributed by atoms with Crippen molar-refractivity contribution in [1.29, 1.82) is 0 Å². The van der Waals surface area contributed by atoms with E-state index in [-0.39, 0.29) is 11.0 Å². The molecule has 90 valence electrons. The second kappa shape index (κ2) is 3.95. The predicted molar refractivity (Wildman–Crippen MR) is 72.6 cm³/mol. The zero-order valence-corrected chi connectivity index (χ0v) is 10.7. The van der Waals surface area contributed by atoms with Gasteiger partial charge in [0.25, 0.3) is 0 Å². The number of aliphatic imine (C=N–C) groups is 2. The molecule has 0 spiro atoms. The third-order valence-corrected chi connectivity index (χ3v) is 2.81. The summed E-state index contributed by atoms with van der Waals surface area (Å²) in [5.74, 6) is 0.759. The van der Waals surface area contributed by atoms with Crippen LogP contribution >= 0.6 is 0 Å². The zero-order chi connectivity index (χ0) is 12.5. The molecule has 2 aliphatic rings. The summed E-state index contributed by atoms with van der Waals surface area (Å²) in [7, 11) is 0. The Kier molecular flexibility index (Phi) is 2.73. The molecule has 1 N–H and O–H groups in total. The maximum Gasteiger partial charge on any atom is 0.161 e. The number of hydrazone groups is 1. The van der Waals surface area contributed by atoms with E-state index in [0.29, 0.717) is 0 Å². The van der Waals surface area contributed by atoms with E-state index in [2.05, 4.69) is 33.5 Å². The van der Waals surface area contributed by atoms with Gasteiger partial charge in [0.05, 0.1) is 11.0 Å². The molecule has 0 saturated carbocycles. The van der Waals surface area contributed by atoms with Gasteiger partial charge in [-0.3, -0.25) is 10.4 Å². The van der Waals surface area contributed by atoms with Crippen molar-refractivity contribution in [3.05, 3.63) is 24.4 Å². The van der Waals surface area contributed by atoms with Crippen LogP contribution in [0.25, 0.3) is 0 Å². The lowest BCUT2D eigenvalue weighted by Gasteiger charge is -2.28. The highest BCUT2D eigenvalue weighted by atomic mass is 15.4. The summed E-state index contributed by atoms with van der Waals surface area (Å²) in [5.41, 5.74) is 3.60. The van der Waals surface area contributed by atoms with Gasteiger partial charge in [-0.1, -0.05) is 6.08 Å². The van der Waals surface area contributed by atoms with E-state index in [1.807, 2.05) is 45.3 Å². The van der Waals surface area contributed by atoms with E-state index in [1.54, 1.807) is 0 Å². The van der Waals surface area contributed by atoms with Crippen LogP contribution in [0.15, 0.2) is 39.5 Å². The van der Waals surface area contributed by atoms with Gasteiger partial charge in [0.2, 0.25) is 0 Å². The van der Waals surface area contributed by atoms with E-state index in [4.69, 9.17) is 0 Å². The molecular weight excluding hydrogens is 212 g/mol. The van der Waals surface area contributed by atoms with Gasteiger partial charge >= 0.3 is 0 Å². The lowest BCUT2D eigenvalue weighted by atomic mass is 9.88. The monoisotopic (exact) mass is 230 g/mol. The molecule has 0 amide bonds. The first-order chi connectivity index (χ1) is 7.91. The van der Waals surface area contributed by atoms with Crippen LogP contribution in [0, 0.1) is 5.41 Å². The van der Waals surface area contributed by atoms with Gasteiger partial charge in [-0.05, 0) is 39.8 Å². The Morgan fingerprint density at radius 2 is 1.94 bits per heavy atom. The normalized spacial score (nSPS) is 30.4. The molecular formula is C13H18N4. The molecule has 0 saturated heterocycles. The predicted octanol–water partition coefficient (Wildman–Crippen LogP) is 2.30. The summed E-state index contributed by atoms with van der Waals surface area (Å²) < 4.78 is 0. The molecule has 0 fully saturated rings. The van der Waals surface area contributed by atoms with Crippen molar-refractivity contribution in [2.24, 2.45) is 20.5 Å². The molecule has 2 aliphatic heterocycles. The Labute approximate surface area is 102 Å². The van der Waals surface area contributed by atoms with Crippen molar-refractivity contribution >= 4 is 17.8 Å². The summed E-state index contributed by atoms with van der Waals surface area (Å²) in [6.07, 6.45) is 9.79. The standard InChI is InChI=1S/C13H18N4/c1-10-5-6-13(4,7-8-14-10)11-15-9-12(2,3)17-16-11/h5-9,17H,1-4H3. The van der Waals surface area contributed by atoms with Gasteiger partial charge in [0.15, 0.2) is 5.84 Å². The van der Waals surface area contributed by atoms with Gasteiger partial charge in [-0.2, -0.15) is 5.10 Å². The topological polar surface area (TPSA) is 49.1 Å². The average molecular weight is 230 g/mol. The maximum atomic E-state index is 4.45. The molecule has 0 aromatic heterocycles. The molecule has 0 aromatic carbocycles. The highest BCUT2D eigenvalue weighted by molar-refractivity contribution is 6.01. The lowest BCUT2D eigenvalue weighted by Crippen LogP contribution is -2.42. The third-order valence-electron chi connectivity index (χ3n) is 2.81. The number of hydrogen-bond donors (Lipinski definition) is 1. The Balaban J connectivity index is 2.28. The van der Waals surface area contributed by atoms with Crippen LogP contribution in [-0.2, 0) is 0 Å². The smallest absolute Gasteiger partial charge is 0.161 e. The minimum atomic E-state index is -0.304. The molecule has 17 heavy (non-hydrogen) atoms. The third kappa shape index (κ3) is 2.52. The number of allylic oxidation sites excluding steroid dienone is 1. The van der Waals surface area contributed by atoms with Gasteiger partial charge < -0.3 is 0 Å². The van der Waals surface area contributed by atoms with Crippen molar-refractivity contribution < 1.29 is 0 Å². The summed E-state index contributed by atoms with van der Waals surface area (Å²) >= 11 is 0. The Morgan fingerprint density at radius 1 is 1.18 bits per heavy atom. The quantitative estimate of drug-likeness (QED) is 0.738. The fraction of sp³-hybridized carbons (Fsp3) is 0.462. The van der Waals surface area contributed by atoms with E-state index >= 15 is 0 Å². The molecule has 0 aliphatic carbocycles. The van der Waals surface area contributed by atoms with Gasteiger partial charge in [-0.25, -0.2) is 4.99 Å². The van der Waals surface area contributed by atoms with E-state index in [0.717, 1.165) is 11.5 Å². The van der Waals surface area contributed by atoms with Crippen molar-refractivity contribution in [2.75, 3.05) is 0 Å². The van der Waals surface area contributed by atoms with Crippen LogP contribution in [0.2, 0.25) is 0 Å². The van der Waals surface area contributed by atoms with Crippen LogP contribution < -0.4 is 5.43 Å². The number of rotatable bonds is 1. The fourth-order valence-corrected chi connectivity index (χ4v) is 1.59. The molecule has 0 bridgehead atoms. The number of nitrogens with one attached hydrogen (secondary N) is 1. The van der Waals surface area contributed by atoms with Crippen LogP contribution in [-0.4, -0.2) is 23.3 Å². The van der Waals surface area contributed by atoms with Gasteiger partial charge in [0.1, 0.15) is 0 Å². The Morgan fingerprint density at radius 3 is 2.59 bits per heavy atom. The van der Waals surface area contributed by atoms with Crippen molar-refractivity contribution in [3.8, 4) is 0 Å².